The minimum atomic E-state index is -3.90. The SMILES string of the molecule is CCN(CC)S(=O)(=O)c1cc(C(=O)OCC(=O)NC(=O)c2ccccc2)ccc1Cl. The van der Waals surface area contributed by atoms with Crippen LogP contribution in [0.1, 0.15) is 34.6 Å². The van der Waals surface area contributed by atoms with Crippen LogP contribution in [0, 0.1) is 0 Å². The first-order valence-corrected chi connectivity index (χ1v) is 10.9. The summed E-state index contributed by atoms with van der Waals surface area (Å²) in [5.41, 5.74) is 0.188. The zero-order chi connectivity index (χ0) is 22.3. The summed E-state index contributed by atoms with van der Waals surface area (Å²) in [6.45, 7) is 3.13. The van der Waals surface area contributed by atoms with Gasteiger partial charge in [0.1, 0.15) is 4.90 Å². The molecule has 10 heteroatoms. The van der Waals surface area contributed by atoms with E-state index in [-0.39, 0.29) is 34.1 Å². The number of amides is 2. The third kappa shape index (κ3) is 5.65. The molecule has 8 nitrogen and oxygen atoms in total. The van der Waals surface area contributed by atoms with Gasteiger partial charge in [-0.3, -0.25) is 14.9 Å². The number of carbonyl (C=O) groups excluding carboxylic acids is 3. The van der Waals surface area contributed by atoms with Gasteiger partial charge < -0.3 is 4.74 Å². The van der Waals surface area contributed by atoms with Crippen LogP contribution in [0.4, 0.5) is 0 Å². The molecule has 0 aromatic heterocycles. The lowest BCUT2D eigenvalue weighted by Gasteiger charge is -2.19. The number of ether oxygens (including phenoxy) is 1. The Bertz CT molecular complexity index is 1040. The van der Waals surface area contributed by atoms with Gasteiger partial charge in [-0.15, -0.1) is 0 Å². The fourth-order valence-corrected chi connectivity index (χ4v) is 4.53. The monoisotopic (exact) mass is 452 g/mol. The molecule has 2 aromatic rings. The van der Waals surface area contributed by atoms with E-state index in [1.54, 1.807) is 32.0 Å². The normalized spacial score (nSPS) is 11.2. The molecule has 0 saturated heterocycles. The zero-order valence-electron chi connectivity index (χ0n) is 16.4. The van der Waals surface area contributed by atoms with Crippen molar-refractivity contribution in [3.05, 3.63) is 64.7 Å². The summed E-state index contributed by atoms with van der Waals surface area (Å²) in [7, 11) is -3.90. The highest BCUT2D eigenvalue weighted by Crippen LogP contribution is 2.26. The van der Waals surface area contributed by atoms with Gasteiger partial charge >= 0.3 is 5.97 Å². The maximum atomic E-state index is 12.7. The van der Waals surface area contributed by atoms with Crippen molar-refractivity contribution < 1.29 is 27.5 Å². The standard InChI is InChI=1S/C20H21ClN2O6S/c1-3-23(4-2)30(27,28)17-12-15(10-11-16(17)21)20(26)29-13-18(24)22-19(25)14-8-6-5-7-9-14/h5-12H,3-4,13H2,1-2H3,(H,22,24,25). The van der Waals surface area contributed by atoms with Gasteiger partial charge in [0.2, 0.25) is 10.0 Å². The van der Waals surface area contributed by atoms with E-state index >= 15 is 0 Å². The highest BCUT2D eigenvalue weighted by Gasteiger charge is 2.26. The molecule has 0 aliphatic carbocycles. The van der Waals surface area contributed by atoms with Crippen molar-refractivity contribution in [2.45, 2.75) is 18.7 Å². The fourth-order valence-electron chi connectivity index (χ4n) is 2.57. The van der Waals surface area contributed by atoms with Gasteiger partial charge in [0.05, 0.1) is 10.6 Å². The van der Waals surface area contributed by atoms with E-state index in [0.717, 1.165) is 6.07 Å². The quantitative estimate of drug-likeness (QED) is 0.616. The Hall–Kier alpha value is -2.75. The average molecular weight is 453 g/mol. The number of benzene rings is 2. The second-order valence-electron chi connectivity index (χ2n) is 6.05. The van der Waals surface area contributed by atoms with Crippen LogP contribution in [0.25, 0.3) is 0 Å². The van der Waals surface area contributed by atoms with Crippen molar-refractivity contribution in [3.8, 4) is 0 Å². The number of hydrogen-bond acceptors (Lipinski definition) is 6. The van der Waals surface area contributed by atoms with Crippen molar-refractivity contribution >= 4 is 39.4 Å². The number of esters is 1. The minimum Gasteiger partial charge on any atom is -0.452 e. The summed E-state index contributed by atoms with van der Waals surface area (Å²) in [6.07, 6.45) is 0. The molecular weight excluding hydrogens is 432 g/mol. The van der Waals surface area contributed by atoms with Crippen LogP contribution in [-0.2, 0) is 19.6 Å². The smallest absolute Gasteiger partial charge is 0.338 e. The van der Waals surface area contributed by atoms with Crippen LogP contribution in [0.3, 0.4) is 0 Å². The van der Waals surface area contributed by atoms with Crippen molar-refractivity contribution in [2.24, 2.45) is 0 Å². The maximum Gasteiger partial charge on any atom is 0.338 e. The molecule has 2 amide bonds. The Balaban J connectivity index is 2.07. The van der Waals surface area contributed by atoms with Gasteiger partial charge in [-0.05, 0) is 30.3 Å². The number of halogens is 1. The van der Waals surface area contributed by atoms with E-state index in [9.17, 15) is 22.8 Å². The molecule has 0 aliphatic heterocycles. The summed E-state index contributed by atoms with van der Waals surface area (Å²) in [5.74, 6) is -2.37. The molecule has 2 rings (SSSR count). The number of sulfonamides is 1. The lowest BCUT2D eigenvalue weighted by Crippen LogP contribution is -2.34. The Kier molecular flexibility index (Phi) is 8.10. The summed E-state index contributed by atoms with van der Waals surface area (Å²) in [4.78, 5) is 35.8. The molecule has 30 heavy (non-hydrogen) atoms. The lowest BCUT2D eigenvalue weighted by atomic mass is 10.2. The number of nitrogens with zero attached hydrogens (tertiary/aromatic N) is 1. The molecule has 0 unspecified atom stereocenters. The van der Waals surface area contributed by atoms with Crippen LogP contribution in [0.2, 0.25) is 5.02 Å². The van der Waals surface area contributed by atoms with E-state index in [0.29, 0.717) is 0 Å². The summed E-state index contributed by atoms with van der Waals surface area (Å²) in [5, 5.41) is 2.06. The molecule has 0 radical (unpaired) electrons. The Morgan fingerprint density at radius 3 is 2.23 bits per heavy atom. The molecule has 0 heterocycles. The molecule has 0 bridgehead atoms. The molecule has 0 spiro atoms. The fraction of sp³-hybridized carbons (Fsp3) is 0.250. The highest BCUT2D eigenvalue weighted by atomic mass is 35.5. The Labute approximate surface area is 179 Å². The van der Waals surface area contributed by atoms with Gasteiger partial charge in [-0.2, -0.15) is 4.31 Å². The first-order valence-electron chi connectivity index (χ1n) is 9.06. The van der Waals surface area contributed by atoms with Gasteiger partial charge in [-0.25, -0.2) is 13.2 Å². The molecular formula is C20H21ClN2O6S. The van der Waals surface area contributed by atoms with Crippen LogP contribution in [0.15, 0.2) is 53.4 Å². The predicted octanol–water partition coefficient (Wildman–Crippen LogP) is 2.48. The van der Waals surface area contributed by atoms with Crippen LogP contribution in [0.5, 0.6) is 0 Å². The Morgan fingerprint density at radius 2 is 1.63 bits per heavy atom. The van der Waals surface area contributed by atoms with Crippen LogP contribution < -0.4 is 5.32 Å². The van der Waals surface area contributed by atoms with Gasteiger partial charge in [0, 0.05) is 18.7 Å². The van der Waals surface area contributed by atoms with Gasteiger partial charge in [-0.1, -0.05) is 43.6 Å². The minimum absolute atomic E-state index is 0.0374. The molecule has 0 saturated carbocycles. The van der Waals surface area contributed by atoms with Crippen LogP contribution >= 0.6 is 11.6 Å². The van der Waals surface area contributed by atoms with Crippen molar-refractivity contribution in [1.29, 1.82) is 0 Å². The van der Waals surface area contributed by atoms with E-state index in [2.05, 4.69) is 5.32 Å². The molecule has 1 N–H and O–H groups in total. The average Bonchev–Trinajstić information content (AvgIpc) is 2.73. The summed E-state index contributed by atoms with van der Waals surface area (Å²) >= 11 is 6.03. The third-order valence-electron chi connectivity index (χ3n) is 4.11. The second-order valence-corrected chi connectivity index (χ2v) is 8.37. The molecule has 0 atom stereocenters. The summed E-state index contributed by atoms with van der Waals surface area (Å²) in [6, 6.07) is 11.7. The maximum absolute atomic E-state index is 12.7. The number of nitrogens with one attached hydrogen (secondary N) is 1. The number of hydrogen-bond donors (Lipinski definition) is 1. The lowest BCUT2D eigenvalue weighted by molar-refractivity contribution is -0.123. The molecule has 160 valence electrons. The van der Waals surface area contributed by atoms with Crippen molar-refractivity contribution in [2.75, 3.05) is 19.7 Å². The predicted molar refractivity (Wildman–Crippen MR) is 111 cm³/mol. The zero-order valence-corrected chi connectivity index (χ0v) is 18.0. The number of imide groups is 1. The van der Waals surface area contributed by atoms with Crippen LogP contribution in [-0.4, -0.2) is 50.2 Å². The van der Waals surface area contributed by atoms with E-state index in [1.807, 2.05) is 0 Å². The first kappa shape index (κ1) is 23.5. The first-order chi connectivity index (χ1) is 14.2. The van der Waals surface area contributed by atoms with Gasteiger partial charge in [0.15, 0.2) is 6.61 Å². The number of rotatable bonds is 8. The Morgan fingerprint density at radius 1 is 1.00 bits per heavy atom. The van der Waals surface area contributed by atoms with E-state index < -0.39 is 34.4 Å². The van der Waals surface area contributed by atoms with Crippen molar-refractivity contribution in [3.63, 3.8) is 0 Å². The molecule has 0 fully saturated rings. The van der Waals surface area contributed by atoms with E-state index in [1.165, 1.54) is 28.6 Å². The molecule has 2 aromatic carbocycles. The largest absolute Gasteiger partial charge is 0.452 e. The third-order valence-corrected chi connectivity index (χ3v) is 6.64. The topological polar surface area (TPSA) is 110 Å². The summed E-state index contributed by atoms with van der Waals surface area (Å²) < 4.78 is 31.5. The second kappa shape index (κ2) is 10.3. The highest BCUT2D eigenvalue weighted by molar-refractivity contribution is 7.89. The van der Waals surface area contributed by atoms with Crippen molar-refractivity contribution in [1.82, 2.24) is 9.62 Å². The van der Waals surface area contributed by atoms with E-state index in [4.69, 9.17) is 16.3 Å². The molecule has 0 aliphatic rings. The van der Waals surface area contributed by atoms with Gasteiger partial charge in [0.25, 0.3) is 11.8 Å². The number of carbonyl (C=O) groups is 3.